The van der Waals surface area contributed by atoms with Crippen molar-refractivity contribution in [2.75, 3.05) is 7.05 Å². The van der Waals surface area contributed by atoms with E-state index >= 15 is 0 Å². The molecule has 5 nitrogen and oxygen atoms in total. The maximum Gasteiger partial charge on any atom is 0.275 e. The normalized spacial score (nSPS) is 11.8. The van der Waals surface area contributed by atoms with Crippen molar-refractivity contribution in [1.82, 2.24) is 14.5 Å². The van der Waals surface area contributed by atoms with Gasteiger partial charge in [-0.1, -0.05) is 4.49 Å². The van der Waals surface area contributed by atoms with E-state index in [1.807, 2.05) is 13.0 Å². The molecule has 74 valence electrons. The zero-order valence-corrected chi connectivity index (χ0v) is 8.78. The van der Waals surface area contributed by atoms with Gasteiger partial charge in [-0.15, -0.1) is 5.10 Å². The van der Waals surface area contributed by atoms with E-state index < -0.39 is 0 Å². The molecular formula is C8H10N4OS. The molecule has 0 saturated carbocycles. The molecule has 1 rings (SSSR count). The number of carbonyl (C=O) groups excluding carboxylic acids is 1. The van der Waals surface area contributed by atoms with Crippen LogP contribution in [-0.2, 0) is 0 Å². The van der Waals surface area contributed by atoms with Crippen molar-refractivity contribution in [3.63, 3.8) is 0 Å². The molecule has 0 fully saturated rings. The van der Waals surface area contributed by atoms with Crippen molar-refractivity contribution in [1.29, 1.82) is 5.26 Å². The van der Waals surface area contributed by atoms with Gasteiger partial charge in [-0.05, 0) is 18.5 Å². The number of carbonyl (C=O) groups is 1. The SMILES string of the molecule is CC(CC#N)N(C)C(=O)c1csnn1. The highest BCUT2D eigenvalue weighted by Crippen LogP contribution is 2.07. The first kappa shape index (κ1) is 10.6. The average Bonchev–Trinajstić information content (AvgIpc) is 2.68. The maximum absolute atomic E-state index is 11.6. The molecule has 0 aromatic carbocycles. The van der Waals surface area contributed by atoms with Crippen molar-refractivity contribution in [3.8, 4) is 6.07 Å². The molecule has 0 spiro atoms. The van der Waals surface area contributed by atoms with E-state index in [2.05, 4.69) is 9.59 Å². The predicted octanol–water partition coefficient (Wildman–Crippen LogP) is 0.912. The summed E-state index contributed by atoms with van der Waals surface area (Å²) in [5.41, 5.74) is 0.335. The third-order valence-corrected chi connectivity index (χ3v) is 2.45. The Hall–Kier alpha value is -1.48. The van der Waals surface area contributed by atoms with E-state index in [1.54, 1.807) is 12.4 Å². The van der Waals surface area contributed by atoms with Gasteiger partial charge >= 0.3 is 0 Å². The molecular weight excluding hydrogens is 200 g/mol. The molecule has 1 atom stereocenters. The summed E-state index contributed by atoms with van der Waals surface area (Å²) >= 11 is 1.14. The Morgan fingerprint density at radius 3 is 3.07 bits per heavy atom. The van der Waals surface area contributed by atoms with Gasteiger partial charge in [0.1, 0.15) is 0 Å². The lowest BCUT2D eigenvalue weighted by Crippen LogP contribution is -2.35. The van der Waals surface area contributed by atoms with Gasteiger partial charge in [0.05, 0.1) is 12.5 Å². The minimum Gasteiger partial charge on any atom is -0.337 e. The predicted molar refractivity (Wildman–Crippen MR) is 51.7 cm³/mol. The number of rotatable bonds is 3. The van der Waals surface area contributed by atoms with Gasteiger partial charge < -0.3 is 4.90 Å². The van der Waals surface area contributed by atoms with Crippen LogP contribution in [-0.4, -0.2) is 33.5 Å². The lowest BCUT2D eigenvalue weighted by atomic mass is 10.2. The topological polar surface area (TPSA) is 69.9 Å². The fraction of sp³-hybridized carbons (Fsp3) is 0.500. The maximum atomic E-state index is 11.6. The van der Waals surface area contributed by atoms with Gasteiger partial charge in [0.2, 0.25) is 0 Å². The van der Waals surface area contributed by atoms with Gasteiger partial charge in [-0.2, -0.15) is 5.26 Å². The molecule has 0 bridgehead atoms. The monoisotopic (exact) mass is 210 g/mol. The van der Waals surface area contributed by atoms with Crippen molar-refractivity contribution in [2.24, 2.45) is 0 Å². The minimum absolute atomic E-state index is 0.103. The fourth-order valence-corrected chi connectivity index (χ4v) is 1.34. The van der Waals surface area contributed by atoms with Crippen LogP contribution in [0.15, 0.2) is 5.38 Å². The van der Waals surface area contributed by atoms with Crippen LogP contribution >= 0.6 is 11.5 Å². The van der Waals surface area contributed by atoms with Crippen LogP contribution in [0.3, 0.4) is 0 Å². The Morgan fingerprint density at radius 1 is 1.86 bits per heavy atom. The van der Waals surface area contributed by atoms with Gasteiger partial charge in [0.25, 0.3) is 5.91 Å². The summed E-state index contributed by atoms with van der Waals surface area (Å²) in [6, 6.07) is 1.92. The van der Waals surface area contributed by atoms with Gasteiger partial charge in [0, 0.05) is 18.5 Å². The number of aromatic nitrogens is 2. The lowest BCUT2D eigenvalue weighted by molar-refractivity contribution is 0.0740. The number of hydrogen-bond acceptors (Lipinski definition) is 5. The summed E-state index contributed by atoms with van der Waals surface area (Å²) in [6.45, 7) is 1.82. The molecule has 1 unspecified atom stereocenters. The standard InChI is InChI=1S/C8H10N4OS/c1-6(3-4-9)12(2)8(13)7-5-14-11-10-7/h5-6H,3H2,1-2H3. The first-order valence-electron chi connectivity index (χ1n) is 4.08. The second-order valence-electron chi connectivity index (χ2n) is 2.92. The molecule has 0 radical (unpaired) electrons. The molecule has 1 aromatic heterocycles. The highest BCUT2D eigenvalue weighted by Gasteiger charge is 2.18. The highest BCUT2D eigenvalue weighted by molar-refractivity contribution is 7.03. The summed E-state index contributed by atoms with van der Waals surface area (Å²) < 4.78 is 3.61. The molecule has 0 aliphatic heterocycles. The van der Waals surface area contributed by atoms with Crippen LogP contribution < -0.4 is 0 Å². The average molecular weight is 210 g/mol. The third kappa shape index (κ3) is 2.26. The molecule has 0 aliphatic rings. The second-order valence-corrected chi connectivity index (χ2v) is 3.53. The quantitative estimate of drug-likeness (QED) is 0.743. The van der Waals surface area contributed by atoms with Gasteiger partial charge in [-0.25, -0.2) is 0 Å². The summed E-state index contributed by atoms with van der Waals surface area (Å²) in [4.78, 5) is 13.1. The zero-order chi connectivity index (χ0) is 10.6. The van der Waals surface area contributed by atoms with Crippen LogP contribution in [0.25, 0.3) is 0 Å². The Morgan fingerprint density at radius 2 is 2.57 bits per heavy atom. The summed E-state index contributed by atoms with van der Waals surface area (Å²) in [5.74, 6) is -0.193. The number of nitriles is 1. The molecule has 0 N–H and O–H groups in total. The minimum atomic E-state index is -0.193. The Kier molecular flexibility index (Phi) is 3.54. The number of nitrogens with zero attached hydrogens (tertiary/aromatic N) is 4. The van der Waals surface area contributed by atoms with E-state index in [9.17, 15) is 4.79 Å². The van der Waals surface area contributed by atoms with Crippen molar-refractivity contribution < 1.29 is 4.79 Å². The zero-order valence-electron chi connectivity index (χ0n) is 7.97. The van der Waals surface area contributed by atoms with E-state index in [1.165, 1.54) is 4.90 Å². The van der Waals surface area contributed by atoms with Gasteiger partial charge in [-0.3, -0.25) is 4.79 Å². The van der Waals surface area contributed by atoms with Crippen molar-refractivity contribution in [2.45, 2.75) is 19.4 Å². The molecule has 0 saturated heterocycles. The Labute approximate surface area is 86.1 Å². The molecule has 1 amide bonds. The lowest BCUT2D eigenvalue weighted by Gasteiger charge is -2.21. The van der Waals surface area contributed by atoms with E-state index in [0.717, 1.165) is 11.5 Å². The molecule has 14 heavy (non-hydrogen) atoms. The second kappa shape index (κ2) is 4.67. The summed E-state index contributed by atoms with van der Waals surface area (Å²) in [5, 5.41) is 13.8. The summed E-state index contributed by atoms with van der Waals surface area (Å²) in [7, 11) is 1.66. The largest absolute Gasteiger partial charge is 0.337 e. The molecule has 6 heteroatoms. The Balaban J connectivity index is 2.67. The van der Waals surface area contributed by atoms with E-state index in [-0.39, 0.29) is 11.9 Å². The molecule has 1 aromatic rings. The van der Waals surface area contributed by atoms with E-state index in [4.69, 9.17) is 5.26 Å². The van der Waals surface area contributed by atoms with Crippen molar-refractivity contribution >= 4 is 17.4 Å². The summed E-state index contributed by atoms with van der Waals surface area (Å²) in [6.07, 6.45) is 0.319. The molecule has 1 heterocycles. The van der Waals surface area contributed by atoms with Crippen LogP contribution in [0, 0.1) is 11.3 Å². The van der Waals surface area contributed by atoms with Crippen LogP contribution in [0.1, 0.15) is 23.8 Å². The third-order valence-electron chi connectivity index (χ3n) is 1.95. The Bertz CT molecular complexity index is 343. The fourth-order valence-electron chi connectivity index (χ4n) is 0.908. The smallest absolute Gasteiger partial charge is 0.275 e. The first-order chi connectivity index (χ1) is 6.66. The first-order valence-corrected chi connectivity index (χ1v) is 4.91. The van der Waals surface area contributed by atoms with Crippen LogP contribution in [0.5, 0.6) is 0 Å². The number of amides is 1. The van der Waals surface area contributed by atoms with Gasteiger partial charge in [0.15, 0.2) is 5.69 Å². The van der Waals surface area contributed by atoms with Crippen LogP contribution in [0.2, 0.25) is 0 Å². The highest BCUT2D eigenvalue weighted by atomic mass is 32.1. The van der Waals surface area contributed by atoms with E-state index in [0.29, 0.717) is 12.1 Å². The van der Waals surface area contributed by atoms with Crippen molar-refractivity contribution in [3.05, 3.63) is 11.1 Å². The molecule has 0 aliphatic carbocycles. The van der Waals surface area contributed by atoms with Crippen LogP contribution in [0.4, 0.5) is 0 Å². The number of hydrogen-bond donors (Lipinski definition) is 0.